The van der Waals surface area contributed by atoms with Gasteiger partial charge in [-0.2, -0.15) is 0 Å². The van der Waals surface area contributed by atoms with Crippen molar-refractivity contribution >= 4 is 48.9 Å². The fourth-order valence-corrected chi connectivity index (χ4v) is 6.93. The summed E-state index contributed by atoms with van der Waals surface area (Å²) in [6.07, 6.45) is 2.81. The molecule has 0 spiro atoms. The number of carbonyl (C=O) groups excluding carboxylic acids is 1. The van der Waals surface area contributed by atoms with Crippen LogP contribution in [0.2, 0.25) is 5.02 Å². The van der Waals surface area contributed by atoms with E-state index in [1.807, 2.05) is 0 Å². The fourth-order valence-electron chi connectivity index (χ4n) is 4.03. The van der Waals surface area contributed by atoms with Crippen LogP contribution in [0.1, 0.15) is 40.7 Å². The van der Waals surface area contributed by atoms with E-state index in [1.165, 1.54) is 34.6 Å². The standard InChI is InChI=1S/C26H28ClN3O5S2/c1-19-5-10-22(27)17-25(19)29-37(34,35)24-13-11-23(12-14-24)28-26(31)21-8-6-20(7-9-21)18-36(32,33)30-15-3-2-4-16-30/h5-14,17,29H,2-4,15-16,18H2,1H3,(H,28,31). The van der Waals surface area contributed by atoms with Gasteiger partial charge in [-0.3, -0.25) is 9.52 Å². The number of halogens is 1. The van der Waals surface area contributed by atoms with Gasteiger partial charge < -0.3 is 5.32 Å². The van der Waals surface area contributed by atoms with Gasteiger partial charge in [0.05, 0.1) is 16.3 Å². The lowest BCUT2D eigenvalue weighted by molar-refractivity contribution is 0.102. The van der Waals surface area contributed by atoms with Crippen molar-refractivity contribution in [1.29, 1.82) is 0 Å². The molecule has 1 aliphatic heterocycles. The van der Waals surface area contributed by atoms with Gasteiger partial charge in [0.25, 0.3) is 15.9 Å². The molecule has 0 saturated carbocycles. The summed E-state index contributed by atoms with van der Waals surface area (Å²) in [6.45, 7) is 2.88. The lowest BCUT2D eigenvalue weighted by Gasteiger charge is -2.25. The molecule has 196 valence electrons. The van der Waals surface area contributed by atoms with Crippen LogP contribution in [-0.2, 0) is 25.8 Å². The van der Waals surface area contributed by atoms with Crippen molar-refractivity contribution in [3.05, 3.63) is 88.4 Å². The van der Waals surface area contributed by atoms with Crippen LogP contribution in [0.3, 0.4) is 0 Å². The van der Waals surface area contributed by atoms with Crippen molar-refractivity contribution in [3.8, 4) is 0 Å². The Bertz CT molecular complexity index is 1480. The zero-order valence-corrected chi connectivity index (χ0v) is 22.7. The number of rotatable bonds is 8. The molecule has 3 aromatic carbocycles. The van der Waals surface area contributed by atoms with E-state index in [0.717, 1.165) is 24.8 Å². The van der Waals surface area contributed by atoms with Gasteiger partial charge in [0.15, 0.2) is 0 Å². The number of piperidine rings is 1. The topological polar surface area (TPSA) is 113 Å². The first-order valence-electron chi connectivity index (χ1n) is 11.8. The molecule has 0 radical (unpaired) electrons. The molecule has 0 aromatic heterocycles. The highest BCUT2D eigenvalue weighted by atomic mass is 35.5. The monoisotopic (exact) mass is 561 g/mol. The summed E-state index contributed by atoms with van der Waals surface area (Å²) in [5.41, 5.74) is 2.50. The Morgan fingerprint density at radius 1 is 0.892 bits per heavy atom. The number of benzene rings is 3. The Morgan fingerprint density at radius 2 is 1.54 bits per heavy atom. The maximum atomic E-state index is 12.8. The molecule has 8 nitrogen and oxygen atoms in total. The first kappa shape index (κ1) is 27.1. The van der Waals surface area contributed by atoms with E-state index in [9.17, 15) is 21.6 Å². The van der Waals surface area contributed by atoms with E-state index in [2.05, 4.69) is 10.0 Å². The highest BCUT2D eigenvalue weighted by Gasteiger charge is 2.24. The summed E-state index contributed by atoms with van der Waals surface area (Å²) >= 11 is 5.98. The van der Waals surface area contributed by atoms with Crippen molar-refractivity contribution < 1.29 is 21.6 Å². The molecule has 0 atom stereocenters. The highest BCUT2D eigenvalue weighted by molar-refractivity contribution is 7.92. The Morgan fingerprint density at radius 3 is 2.19 bits per heavy atom. The summed E-state index contributed by atoms with van der Waals surface area (Å²) in [7, 11) is -7.24. The Balaban J connectivity index is 1.38. The maximum Gasteiger partial charge on any atom is 0.261 e. The fraction of sp³-hybridized carbons (Fsp3) is 0.269. The van der Waals surface area contributed by atoms with Crippen molar-refractivity contribution in [2.75, 3.05) is 23.1 Å². The van der Waals surface area contributed by atoms with E-state index in [4.69, 9.17) is 11.6 Å². The minimum atomic E-state index is -3.85. The minimum absolute atomic E-state index is 0.0316. The normalized spacial score (nSPS) is 14.8. The molecule has 4 rings (SSSR count). The average Bonchev–Trinajstić information content (AvgIpc) is 2.87. The lowest BCUT2D eigenvalue weighted by atomic mass is 10.1. The quantitative estimate of drug-likeness (QED) is 0.401. The van der Waals surface area contributed by atoms with E-state index < -0.39 is 26.0 Å². The summed E-state index contributed by atoms with van der Waals surface area (Å²) in [5.74, 6) is -0.498. The first-order valence-corrected chi connectivity index (χ1v) is 15.3. The van der Waals surface area contributed by atoms with Gasteiger partial charge in [0.1, 0.15) is 0 Å². The number of sulfonamides is 2. The van der Waals surface area contributed by atoms with Gasteiger partial charge in [-0.05, 0) is 79.4 Å². The number of anilines is 2. The zero-order valence-electron chi connectivity index (χ0n) is 20.3. The molecule has 1 heterocycles. The van der Waals surface area contributed by atoms with Crippen LogP contribution in [0, 0.1) is 6.92 Å². The predicted molar refractivity (Wildman–Crippen MR) is 146 cm³/mol. The van der Waals surface area contributed by atoms with Crippen molar-refractivity contribution in [2.24, 2.45) is 0 Å². The molecular weight excluding hydrogens is 534 g/mol. The number of amides is 1. The molecule has 1 saturated heterocycles. The van der Waals surface area contributed by atoms with Gasteiger partial charge in [-0.1, -0.05) is 36.2 Å². The molecule has 1 fully saturated rings. The van der Waals surface area contributed by atoms with Crippen LogP contribution >= 0.6 is 11.6 Å². The number of aryl methyl sites for hydroxylation is 1. The molecule has 11 heteroatoms. The smallest absolute Gasteiger partial charge is 0.261 e. The molecule has 1 aliphatic rings. The predicted octanol–water partition coefficient (Wildman–Crippen LogP) is 5.02. The van der Waals surface area contributed by atoms with E-state index >= 15 is 0 Å². The molecule has 2 N–H and O–H groups in total. The average molecular weight is 562 g/mol. The molecule has 3 aromatic rings. The van der Waals surface area contributed by atoms with E-state index in [0.29, 0.717) is 40.6 Å². The molecule has 0 bridgehead atoms. The first-order chi connectivity index (χ1) is 17.5. The molecular formula is C26H28ClN3O5S2. The third kappa shape index (κ3) is 6.89. The van der Waals surface area contributed by atoms with Gasteiger partial charge in [-0.15, -0.1) is 0 Å². The number of hydrogen-bond donors (Lipinski definition) is 2. The Kier molecular flexibility index (Phi) is 8.23. The Hall–Kier alpha value is -2.92. The van der Waals surface area contributed by atoms with Crippen LogP contribution in [-0.4, -0.2) is 40.1 Å². The molecule has 0 aliphatic carbocycles. The summed E-state index contributed by atoms with van der Waals surface area (Å²) in [4.78, 5) is 12.7. The van der Waals surface area contributed by atoms with Crippen LogP contribution in [0.4, 0.5) is 11.4 Å². The third-order valence-corrected chi connectivity index (χ3v) is 9.61. The van der Waals surface area contributed by atoms with Crippen molar-refractivity contribution in [3.63, 3.8) is 0 Å². The summed E-state index contributed by atoms with van der Waals surface area (Å²) in [5, 5.41) is 3.14. The lowest BCUT2D eigenvalue weighted by Crippen LogP contribution is -2.36. The highest BCUT2D eigenvalue weighted by Crippen LogP contribution is 2.24. The number of carbonyl (C=O) groups is 1. The van der Waals surface area contributed by atoms with Crippen LogP contribution in [0.25, 0.3) is 0 Å². The zero-order chi connectivity index (χ0) is 26.6. The van der Waals surface area contributed by atoms with Gasteiger partial charge >= 0.3 is 0 Å². The molecule has 1 amide bonds. The molecule has 0 unspecified atom stereocenters. The SMILES string of the molecule is Cc1ccc(Cl)cc1NS(=O)(=O)c1ccc(NC(=O)c2ccc(CS(=O)(=O)N3CCCCC3)cc2)cc1. The van der Waals surface area contributed by atoms with Crippen molar-refractivity contribution in [2.45, 2.75) is 36.8 Å². The number of nitrogens with one attached hydrogen (secondary N) is 2. The van der Waals surface area contributed by atoms with E-state index in [1.54, 1.807) is 43.3 Å². The summed E-state index contributed by atoms with van der Waals surface area (Å²) in [6, 6.07) is 17.1. The van der Waals surface area contributed by atoms with Gasteiger partial charge in [-0.25, -0.2) is 21.1 Å². The second-order valence-corrected chi connectivity index (χ2v) is 13.0. The minimum Gasteiger partial charge on any atom is -0.322 e. The van der Waals surface area contributed by atoms with Gasteiger partial charge in [0.2, 0.25) is 10.0 Å². The third-order valence-electron chi connectivity index (χ3n) is 6.14. The number of nitrogens with zero attached hydrogens (tertiary/aromatic N) is 1. The van der Waals surface area contributed by atoms with Gasteiger partial charge in [0, 0.05) is 29.4 Å². The maximum absolute atomic E-state index is 12.8. The van der Waals surface area contributed by atoms with Crippen LogP contribution < -0.4 is 10.0 Å². The second kappa shape index (κ2) is 11.2. The van der Waals surface area contributed by atoms with E-state index in [-0.39, 0.29) is 10.6 Å². The number of hydrogen-bond acceptors (Lipinski definition) is 5. The largest absolute Gasteiger partial charge is 0.322 e. The second-order valence-electron chi connectivity index (χ2n) is 8.96. The van der Waals surface area contributed by atoms with Crippen molar-refractivity contribution in [1.82, 2.24) is 4.31 Å². The Labute approximate surface area is 222 Å². The van der Waals surface area contributed by atoms with Crippen LogP contribution in [0.15, 0.2) is 71.6 Å². The van der Waals surface area contributed by atoms with Crippen LogP contribution in [0.5, 0.6) is 0 Å². The molecule has 37 heavy (non-hydrogen) atoms. The summed E-state index contributed by atoms with van der Waals surface area (Å²) < 4.78 is 54.9.